The lowest BCUT2D eigenvalue weighted by atomic mass is 10.2. The molecule has 0 aliphatic rings. The predicted octanol–water partition coefficient (Wildman–Crippen LogP) is 1.69. The summed E-state index contributed by atoms with van der Waals surface area (Å²) in [6.45, 7) is 0. The number of hydrogen-bond donors (Lipinski definition) is 1. The van der Waals surface area contributed by atoms with Gasteiger partial charge in [-0.3, -0.25) is 0 Å². The van der Waals surface area contributed by atoms with Crippen molar-refractivity contribution in [2.45, 2.75) is 0 Å². The normalized spacial score (nSPS) is 10.8. The zero-order valence-corrected chi connectivity index (χ0v) is 8.57. The topological polar surface area (TPSA) is 80.6 Å². The second-order valence-electron chi connectivity index (χ2n) is 3.47. The molecule has 0 fully saturated rings. The van der Waals surface area contributed by atoms with Gasteiger partial charge in [-0.05, 0) is 12.1 Å². The first-order valence-electron chi connectivity index (χ1n) is 4.88. The summed E-state index contributed by atoms with van der Waals surface area (Å²) in [4.78, 5) is 10.7. The van der Waals surface area contributed by atoms with E-state index in [4.69, 9.17) is 9.63 Å². The fourth-order valence-corrected chi connectivity index (χ4v) is 1.63. The first-order valence-corrected chi connectivity index (χ1v) is 4.88. The van der Waals surface area contributed by atoms with Gasteiger partial charge in [0.2, 0.25) is 0 Å². The molecule has 3 aromatic rings. The number of hydrogen-bond acceptors (Lipinski definition) is 4. The molecular formula is C11H7N3O3. The van der Waals surface area contributed by atoms with Crippen LogP contribution in [0.3, 0.4) is 0 Å². The zero-order chi connectivity index (χ0) is 11.8. The Labute approximate surface area is 95.1 Å². The minimum Gasteiger partial charge on any atom is -0.476 e. The Balaban J connectivity index is 2.17. The van der Waals surface area contributed by atoms with Crippen molar-refractivity contribution in [1.82, 2.24) is 14.8 Å². The maximum absolute atomic E-state index is 10.7. The van der Waals surface area contributed by atoms with Gasteiger partial charge in [-0.15, -0.1) is 0 Å². The molecule has 0 atom stereocenters. The zero-order valence-electron chi connectivity index (χ0n) is 8.57. The summed E-state index contributed by atoms with van der Waals surface area (Å²) in [5.41, 5.74) is 1.43. The maximum Gasteiger partial charge on any atom is 0.358 e. The van der Waals surface area contributed by atoms with Crippen LogP contribution in [0.1, 0.15) is 10.5 Å². The van der Waals surface area contributed by atoms with Gasteiger partial charge in [0.05, 0.1) is 17.3 Å². The first kappa shape index (κ1) is 9.59. The van der Waals surface area contributed by atoms with Gasteiger partial charge in [0.15, 0.2) is 11.5 Å². The third-order valence-corrected chi connectivity index (χ3v) is 2.42. The quantitative estimate of drug-likeness (QED) is 0.723. The standard InChI is InChI=1S/C11H7N3O3/c15-11(16)8-5-10(17-13-8)7-6-12-14-4-2-1-3-9(7)14/h1-6H,(H,15,16). The largest absolute Gasteiger partial charge is 0.476 e. The Morgan fingerprint density at radius 3 is 3.06 bits per heavy atom. The van der Waals surface area contributed by atoms with Gasteiger partial charge in [-0.25, -0.2) is 9.31 Å². The number of aromatic carboxylic acids is 1. The van der Waals surface area contributed by atoms with Crippen LogP contribution in [-0.2, 0) is 0 Å². The Morgan fingerprint density at radius 1 is 1.41 bits per heavy atom. The van der Waals surface area contributed by atoms with E-state index < -0.39 is 5.97 Å². The van der Waals surface area contributed by atoms with Gasteiger partial charge in [0.1, 0.15) is 0 Å². The number of carboxylic acid groups (broad SMARTS) is 1. The Kier molecular flexibility index (Phi) is 1.94. The van der Waals surface area contributed by atoms with Crippen molar-refractivity contribution in [2.75, 3.05) is 0 Å². The highest BCUT2D eigenvalue weighted by Crippen LogP contribution is 2.24. The van der Waals surface area contributed by atoms with Crippen LogP contribution >= 0.6 is 0 Å². The molecule has 0 saturated heterocycles. The van der Waals surface area contributed by atoms with Crippen LogP contribution < -0.4 is 0 Å². The Hall–Kier alpha value is -2.63. The Bertz CT molecular complexity index is 699. The molecule has 6 heteroatoms. The molecule has 3 aromatic heterocycles. The van der Waals surface area contributed by atoms with Gasteiger partial charge in [-0.1, -0.05) is 11.2 Å². The summed E-state index contributed by atoms with van der Waals surface area (Å²) in [5.74, 6) is -0.722. The van der Waals surface area contributed by atoms with Crippen molar-refractivity contribution in [3.8, 4) is 11.3 Å². The van der Waals surface area contributed by atoms with E-state index in [0.29, 0.717) is 11.3 Å². The molecule has 0 saturated carbocycles. The monoisotopic (exact) mass is 229 g/mol. The summed E-state index contributed by atoms with van der Waals surface area (Å²) in [6, 6.07) is 6.97. The number of carbonyl (C=O) groups is 1. The third-order valence-electron chi connectivity index (χ3n) is 2.42. The van der Waals surface area contributed by atoms with Crippen molar-refractivity contribution in [1.29, 1.82) is 0 Å². The summed E-state index contributed by atoms with van der Waals surface area (Å²) >= 11 is 0. The number of rotatable bonds is 2. The number of pyridine rings is 1. The van der Waals surface area contributed by atoms with Crippen molar-refractivity contribution in [3.63, 3.8) is 0 Å². The van der Waals surface area contributed by atoms with Crippen molar-refractivity contribution in [3.05, 3.63) is 42.4 Å². The molecule has 0 unspecified atom stereocenters. The number of fused-ring (bicyclic) bond motifs is 1. The van der Waals surface area contributed by atoms with Crippen molar-refractivity contribution < 1.29 is 14.4 Å². The lowest BCUT2D eigenvalue weighted by Crippen LogP contribution is -1.94. The van der Waals surface area contributed by atoms with E-state index in [1.54, 1.807) is 16.9 Å². The van der Waals surface area contributed by atoms with Gasteiger partial charge in [-0.2, -0.15) is 5.10 Å². The number of nitrogens with zero attached hydrogens (tertiary/aromatic N) is 3. The molecule has 0 aliphatic heterocycles. The average Bonchev–Trinajstić information content (AvgIpc) is 2.95. The summed E-state index contributed by atoms with van der Waals surface area (Å²) < 4.78 is 6.67. The van der Waals surface area contributed by atoms with E-state index in [1.807, 2.05) is 18.2 Å². The fraction of sp³-hybridized carbons (Fsp3) is 0. The molecule has 1 N–H and O–H groups in total. The van der Waals surface area contributed by atoms with Crippen LogP contribution in [-0.4, -0.2) is 25.8 Å². The molecule has 0 bridgehead atoms. The molecule has 6 nitrogen and oxygen atoms in total. The predicted molar refractivity (Wildman–Crippen MR) is 57.6 cm³/mol. The Morgan fingerprint density at radius 2 is 2.29 bits per heavy atom. The van der Waals surface area contributed by atoms with Crippen LogP contribution in [0.4, 0.5) is 0 Å². The van der Waals surface area contributed by atoms with E-state index in [1.165, 1.54) is 6.07 Å². The SMILES string of the molecule is O=C(O)c1cc(-c2cnn3ccccc23)on1. The highest BCUT2D eigenvalue weighted by molar-refractivity contribution is 5.87. The highest BCUT2D eigenvalue weighted by Gasteiger charge is 2.15. The summed E-state index contributed by atoms with van der Waals surface area (Å²) in [6.07, 6.45) is 3.41. The van der Waals surface area contributed by atoms with Crippen molar-refractivity contribution >= 4 is 11.5 Å². The number of carboxylic acids is 1. The van der Waals surface area contributed by atoms with Crippen LogP contribution in [0.15, 0.2) is 41.2 Å². The van der Waals surface area contributed by atoms with Gasteiger partial charge < -0.3 is 9.63 Å². The molecule has 84 valence electrons. The fourth-order valence-electron chi connectivity index (χ4n) is 1.63. The third kappa shape index (κ3) is 1.46. The maximum atomic E-state index is 10.7. The second-order valence-corrected chi connectivity index (χ2v) is 3.47. The van der Waals surface area contributed by atoms with E-state index in [0.717, 1.165) is 5.52 Å². The van der Waals surface area contributed by atoms with Gasteiger partial charge in [0, 0.05) is 12.3 Å². The van der Waals surface area contributed by atoms with Gasteiger partial charge in [0.25, 0.3) is 0 Å². The lowest BCUT2D eigenvalue weighted by Gasteiger charge is -1.92. The lowest BCUT2D eigenvalue weighted by molar-refractivity contribution is 0.0686. The molecular weight excluding hydrogens is 222 g/mol. The molecule has 0 aromatic carbocycles. The molecule has 3 rings (SSSR count). The molecule has 17 heavy (non-hydrogen) atoms. The average molecular weight is 229 g/mol. The summed E-state index contributed by atoms with van der Waals surface area (Å²) in [7, 11) is 0. The van der Waals surface area contributed by atoms with Crippen LogP contribution in [0.25, 0.3) is 16.8 Å². The minimum absolute atomic E-state index is 0.115. The molecule has 0 radical (unpaired) electrons. The van der Waals surface area contributed by atoms with Gasteiger partial charge >= 0.3 is 5.97 Å². The van der Waals surface area contributed by atoms with Crippen molar-refractivity contribution in [2.24, 2.45) is 0 Å². The van der Waals surface area contributed by atoms with E-state index in [9.17, 15) is 4.79 Å². The van der Waals surface area contributed by atoms with E-state index >= 15 is 0 Å². The second kappa shape index (κ2) is 3.44. The molecule has 0 aliphatic carbocycles. The smallest absolute Gasteiger partial charge is 0.358 e. The molecule has 3 heterocycles. The minimum atomic E-state index is -1.11. The first-order chi connectivity index (χ1) is 8.25. The molecule has 0 amide bonds. The van der Waals surface area contributed by atoms with E-state index in [-0.39, 0.29) is 5.69 Å². The van der Waals surface area contributed by atoms with Crippen LogP contribution in [0.2, 0.25) is 0 Å². The highest BCUT2D eigenvalue weighted by atomic mass is 16.5. The van der Waals surface area contributed by atoms with Crippen LogP contribution in [0.5, 0.6) is 0 Å². The van der Waals surface area contributed by atoms with Crippen LogP contribution in [0, 0.1) is 0 Å². The number of aromatic nitrogens is 3. The summed E-state index contributed by atoms with van der Waals surface area (Å²) in [5, 5.41) is 16.4. The molecule has 0 spiro atoms. The van der Waals surface area contributed by atoms with E-state index in [2.05, 4.69) is 10.3 Å².